The standard InChI is InChI=1S/C13H21NOS/c1-3-11-4-5-12(16-11)9-15-13-8-14-7-6-10(13)2/h4-5,10,13-14H,3,6-9H2,1-2H3. The highest BCUT2D eigenvalue weighted by atomic mass is 32.1. The van der Waals surface area contributed by atoms with Crippen LogP contribution in [0.25, 0.3) is 0 Å². The third-order valence-corrected chi connectivity index (χ3v) is 4.47. The van der Waals surface area contributed by atoms with E-state index in [9.17, 15) is 0 Å². The van der Waals surface area contributed by atoms with E-state index in [0.29, 0.717) is 12.0 Å². The topological polar surface area (TPSA) is 21.3 Å². The van der Waals surface area contributed by atoms with Crippen LogP contribution in [-0.4, -0.2) is 19.2 Å². The molecule has 3 heteroatoms. The van der Waals surface area contributed by atoms with Gasteiger partial charge in [0, 0.05) is 16.3 Å². The van der Waals surface area contributed by atoms with Crippen LogP contribution >= 0.6 is 11.3 Å². The fourth-order valence-corrected chi connectivity index (χ4v) is 2.94. The Hall–Kier alpha value is -0.380. The molecule has 2 atom stereocenters. The minimum atomic E-state index is 0.390. The maximum Gasteiger partial charge on any atom is 0.0814 e. The lowest BCUT2D eigenvalue weighted by atomic mass is 9.97. The van der Waals surface area contributed by atoms with Crippen LogP contribution in [0, 0.1) is 5.92 Å². The van der Waals surface area contributed by atoms with E-state index in [1.54, 1.807) is 0 Å². The summed E-state index contributed by atoms with van der Waals surface area (Å²) in [5, 5.41) is 3.40. The number of aryl methyl sites for hydroxylation is 1. The summed E-state index contributed by atoms with van der Waals surface area (Å²) in [6.07, 6.45) is 2.75. The Labute approximate surface area is 102 Å². The molecule has 1 aliphatic rings. The zero-order valence-electron chi connectivity index (χ0n) is 10.2. The van der Waals surface area contributed by atoms with Crippen LogP contribution in [-0.2, 0) is 17.8 Å². The summed E-state index contributed by atoms with van der Waals surface area (Å²) in [6, 6.07) is 4.41. The van der Waals surface area contributed by atoms with Gasteiger partial charge in [-0.25, -0.2) is 0 Å². The van der Waals surface area contributed by atoms with Gasteiger partial charge in [-0.15, -0.1) is 11.3 Å². The lowest BCUT2D eigenvalue weighted by Gasteiger charge is -2.29. The van der Waals surface area contributed by atoms with Crippen molar-refractivity contribution in [3.05, 3.63) is 21.9 Å². The number of rotatable bonds is 4. The number of thiophene rings is 1. The molecule has 1 fully saturated rings. The second-order valence-corrected chi connectivity index (χ2v) is 5.79. The largest absolute Gasteiger partial charge is 0.371 e. The summed E-state index contributed by atoms with van der Waals surface area (Å²) in [7, 11) is 0. The molecule has 0 saturated carbocycles. The van der Waals surface area contributed by atoms with Crippen molar-refractivity contribution >= 4 is 11.3 Å². The van der Waals surface area contributed by atoms with E-state index in [1.165, 1.54) is 16.2 Å². The van der Waals surface area contributed by atoms with Crippen LogP contribution in [0.5, 0.6) is 0 Å². The molecular weight excluding hydrogens is 218 g/mol. The molecule has 0 bridgehead atoms. The third kappa shape index (κ3) is 3.06. The first-order valence-electron chi connectivity index (χ1n) is 6.19. The highest BCUT2D eigenvalue weighted by Gasteiger charge is 2.21. The van der Waals surface area contributed by atoms with Gasteiger partial charge in [-0.3, -0.25) is 0 Å². The Bertz CT molecular complexity index is 323. The number of hydrogen-bond donors (Lipinski definition) is 1. The van der Waals surface area contributed by atoms with Gasteiger partial charge in [0.1, 0.15) is 0 Å². The summed E-state index contributed by atoms with van der Waals surface area (Å²) in [5.41, 5.74) is 0. The molecule has 0 radical (unpaired) electrons. The average Bonchev–Trinajstić information content (AvgIpc) is 2.76. The van der Waals surface area contributed by atoms with Gasteiger partial charge in [0.15, 0.2) is 0 Å². The van der Waals surface area contributed by atoms with E-state index in [0.717, 1.165) is 26.1 Å². The van der Waals surface area contributed by atoms with Gasteiger partial charge in [0.25, 0.3) is 0 Å². The van der Waals surface area contributed by atoms with Crippen molar-refractivity contribution in [2.45, 2.75) is 39.4 Å². The van der Waals surface area contributed by atoms with Crippen molar-refractivity contribution in [1.82, 2.24) is 5.32 Å². The van der Waals surface area contributed by atoms with Crippen molar-refractivity contribution in [3.8, 4) is 0 Å². The van der Waals surface area contributed by atoms with Crippen LogP contribution in [0.4, 0.5) is 0 Å². The molecule has 2 nitrogen and oxygen atoms in total. The first kappa shape index (κ1) is 12.1. The molecule has 0 spiro atoms. The fraction of sp³-hybridized carbons (Fsp3) is 0.692. The van der Waals surface area contributed by atoms with Gasteiger partial charge in [-0.05, 0) is 37.4 Å². The molecule has 1 aromatic rings. The van der Waals surface area contributed by atoms with Crippen molar-refractivity contribution < 1.29 is 4.74 Å². The maximum absolute atomic E-state index is 5.99. The van der Waals surface area contributed by atoms with E-state index in [4.69, 9.17) is 4.74 Å². The average molecular weight is 239 g/mol. The van der Waals surface area contributed by atoms with Gasteiger partial charge >= 0.3 is 0 Å². The van der Waals surface area contributed by atoms with E-state index in [1.807, 2.05) is 11.3 Å². The molecular formula is C13H21NOS. The fourth-order valence-electron chi connectivity index (χ4n) is 2.06. The first-order chi connectivity index (χ1) is 7.79. The molecule has 0 amide bonds. The van der Waals surface area contributed by atoms with Crippen LogP contribution in [0.2, 0.25) is 0 Å². The molecule has 0 aliphatic carbocycles. The number of hydrogen-bond acceptors (Lipinski definition) is 3. The molecule has 1 saturated heterocycles. The first-order valence-corrected chi connectivity index (χ1v) is 7.01. The summed E-state index contributed by atoms with van der Waals surface area (Å²) in [6.45, 7) is 7.41. The minimum Gasteiger partial charge on any atom is -0.371 e. The van der Waals surface area contributed by atoms with Gasteiger partial charge in [-0.2, -0.15) is 0 Å². The zero-order chi connectivity index (χ0) is 11.4. The van der Waals surface area contributed by atoms with E-state index in [-0.39, 0.29) is 0 Å². The Balaban J connectivity index is 1.81. The molecule has 1 aliphatic heterocycles. The Morgan fingerprint density at radius 1 is 1.44 bits per heavy atom. The highest BCUT2D eigenvalue weighted by molar-refractivity contribution is 7.11. The van der Waals surface area contributed by atoms with Gasteiger partial charge in [-0.1, -0.05) is 13.8 Å². The molecule has 2 unspecified atom stereocenters. The second kappa shape index (κ2) is 5.80. The van der Waals surface area contributed by atoms with E-state index < -0.39 is 0 Å². The van der Waals surface area contributed by atoms with Crippen molar-refractivity contribution in [1.29, 1.82) is 0 Å². The summed E-state index contributed by atoms with van der Waals surface area (Å²) in [5.74, 6) is 0.687. The SMILES string of the molecule is CCc1ccc(COC2CNCCC2C)s1. The highest BCUT2D eigenvalue weighted by Crippen LogP contribution is 2.21. The molecule has 1 aromatic heterocycles. The smallest absolute Gasteiger partial charge is 0.0814 e. The number of nitrogens with one attached hydrogen (secondary N) is 1. The van der Waals surface area contributed by atoms with Crippen LogP contribution in [0.15, 0.2) is 12.1 Å². The molecule has 1 N–H and O–H groups in total. The van der Waals surface area contributed by atoms with Gasteiger partial charge in [0.05, 0.1) is 12.7 Å². The summed E-state index contributed by atoms with van der Waals surface area (Å²) in [4.78, 5) is 2.81. The number of piperidine rings is 1. The van der Waals surface area contributed by atoms with Crippen LogP contribution in [0.1, 0.15) is 30.0 Å². The van der Waals surface area contributed by atoms with E-state index >= 15 is 0 Å². The van der Waals surface area contributed by atoms with Crippen molar-refractivity contribution in [3.63, 3.8) is 0 Å². The predicted octanol–water partition coefficient (Wildman–Crippen LogP) is 2.83. The normalized spacial score (nSPS) is 25.9. The third-order valence-electron chi connectivity index (χ3n) is 3.26. The van der Waals surface area contributed by atoms with Crippen molar-refractivity contribution in [2.24, 2.45) is 5.92 Å². The lowest BCUT2D eigenvalue weighted by Crippen LogP contribution is -2.40. The number of ether oxygens (including phenoxy) is 1. The molecule has 90 valence electrons. The minimum absolute atomic E-state index is 0.390. The van der Waals surface area contributed by atoms with Gasteiger partial charge < -0.3 is 10.1 Å². The Morgan fingerprint density at radius 2 is 2.25 bits per heavy atom. The predicted molar refractivity (Wildman–Crippen MR) is 68.9 cm³/mol. The second-order valence-electron chi connectivity index (χ2n) is 4.54. The van der Waals surface area contributed by atoms with Crippen LogP contribution in [0.3, 0.4) is 0 Å². The van der Waals surface area contributed by atoms with Crippen LogP contribution < -0.4 is 5.32 Å². The van der Waals surface area contributed by atoms with Crippen molar-refractivity contribution in [2.75, 3.05) is 13.1 Å². The molecule has 2 rings (SSSR count). The Kier molecular flexibility index (Phi) is 4.38. The zero-order valence-corrected chi connectivity index (χ0v) is 11.0. The summed E-state index contributed by atoms with van der Waals surface area (Å²) >= 11 is 1.88. The molecule has 0 aromatic carbocycles. The molecule has 2 heterocycles. The monoisotopic (exact) mass is 239 g/mol. The van der Waals surface area contributed by atoms with E-state index in [2.05, 4.69) is 31.3 Å². The molecule has 16 heavy (non-hydrogen) atoms. The Morgan fingerprint density at radius 3 is 2.94 bits per heavy atom. The quantitative estimate of drug-likeness (QED) is 0.872. The van der Waals surface area contributed by atoms with Gasteiger partial charge in [0.2, 0.25) is 0 Å². The lowest BCUT2D eigenvalue weighted by molar-refractivity contribution is -0.00539. The maximum atomic E-state index is 5.99. The summed E-state index contributed by atoms with van der Waals surface area (Å²) < 4.78 is 5.99.